The molecule has 0 aliphatic heterocycles. The van der Waals surface area contributed by atoms with Gasteiger partial charge < -0.3 is 0 Å². The maximum absolute atomic E-state index is 13.1. The van der Waals surface area contributed by atoms with Crippen molar-refractivity contribution in [2.45, 2.75) is 58.8 Å². The Hall–Kier alpha value is -1.62. The van der Waals surface area contributed by atoms with Gasteiger partial charge in [0.15, 0.2) is 5.78 Å². The van der Waals surface area contributed by atoms with Crippen molar-refractivity contribution < 1.29 is 4.79 Å². The van der Waals surface area contributed by atoms with Gasteiger partial charge in [-0.05, 0) is 37.7 Å². The van der Waals surface area contributed by atoms with Gasteiger partial charge in [-0.1, -0.05) is 56.5 Å². The largest absolute Gasteiger partial charge is 0.297 e. The number of ketones is 1. The van der Waals surface area contributed by atoms with Crippen LogP contribution in [0.1, 0.15) is 63.0 Å². The fourth-order valence-corrected chi connectivity index (χ4v) is 3.82. The van der Waals surface area contributed by atoms with Crippen LogP contribution >= 0.6 is 0 Å². The topological polar surface area (TPSA) is 40.9 Å². The Balaban J connectivity index is 2.32. The molecule has 1 fully saturated rings. The number of hydrogen-bond acceptors (Lipinski definition) is 2. The van der Waals surface area contributed by atoms with Crippen LogP contribution in [0, 0.1) is 29.6 Å². The van der Waals surface area contributed by atoms with Crippen LogP contribution in [0.4, 0.5) is 0 Å². The van der Waals surface area contributed by atoms with Gasteiger partial charge in [-0.15, -0.1) is 0 Å². The van der Waals surface area contributed by atoms with Crippen molar-refractivity contribution in [1.82, 2.24) is 0 Å². The summed E-state index contributed by atoms with van der Waals surface area (Å²) in [5.41, 5.74) is 1.70. The predicted molar refractivity (Wildman–Crippen MR) is 84.9 cm³/mol. The first-order chi connectivity index (χ1) is 9.98. The first-order valence-electron chi connectivity index (χ1n) is 7.99. The molecular weight excluding hydrogens is 258 g/mol. The summed E-state index contributed by atoms with van der Waals surface area (Å²) in [7, 11) is 0. The summed E-state index contributed by atoms with van der Waals surface area (Å²) in [6.07, 6.45) is 5.05. The van der Waals surface area contributed by atoms with Crippen LogP contribution in [-0.4, -0.2) is 5.78 Å². The Bertz CT molecular complexity index is 547. The monoisotopic (exact) mass is 283 g/mol. The summed E-state index contributed by atoms with van der Waals surface area (Å²) < 4.78 is 0. The molecule has 0 radical (unpaired) electrons. The number of nitrogens with zero attached hydrogens (tertiary/aromatic N) is 1. The molecule has 0 spiro atoms. The van der Waals surface area contributed by atoms with E-state index in [4.69, 9.17) is 0 Å². The zero-order valence-corrected chi connectivity index (χ0v) is 13.4. The molecule has 1 atom stereocenters. The third-order valence-corrected chi connectivity index (χ3v) is 4.65. The van der Waals surface area contributed by atoms with E-state index < -0.39 is 5.92 Å². The minimum atomic E-state index is -0.609. The average molecular weight is 283 g/mol. The van der Waals surface area contributed by atoms with E-state index in [1.165, 1.54) is 0 Å². The van der Waals surface area contributed by atoms with Gasteiger partial charge in [-0.3, -0.25) is 4.79 Å². The highest BCUT2D eigenvalue weighted by molar-refractivity contribution is 5.93. The lowest BCUT2D eigenvalue weighted by Gasteiger charge is -2.31. The van der Waals surface area contributed by atoms with Gasteiger partial charge >= 0.3 is 0 Å². The van der Waals surface area contributed by atoms with Gasteiger partial charge in [0, 0.05) is 5.41 Å². The second-order valence-corrected chi connectivity index (χ2v) is 6.93. The van der Waals surface area contributed by atoms with Gasteiger partial charge in [-0.2, -0.15) is 5.26 Å². The number of carbonyl (C=O) groups is 1. The van der Waals surface area contributed by atoms with Gasteiger partial charge in [0.1, 0.15) is 5.92 Å². The molecular formula is C19H25NO. The van der Waals surface area contributed by atoms with Gasteiger partial charge in [0.2, 0.25) is 0 Å². The van der Waals surface area contributed by atoms with E-state index in [-0.39, 0.29) is 11.2 Å². The summed E-state index contributed by atoms with van der Waals surface area (Å²) >= 11 is 0. The first kappa shape index (κ1) is 15.8. The van der Waals surface area contributed by atoms with Gasteiger partial charge in [-0.25, -0.2) is 0 Å². The molecule has 2 heteroatoms. The molecule has 1 unspecified atom stereocenters. The van der Waals surface area contributed by atoms with Crippen LogP contribution in [0.3, 0.4) is 0 Å². The van der Waals surface area contributed by atoms with Crippen molar-refractivity contribution in [2.24, 2.45) is 11.3 Å². The number of Topliss-reactive ketones (excluding diaryl/α,β-unsaturated/α-hetero) is 1. The second-order valence-electron chi connectivity index (χ2n) is 6.93. The molecule has 0 aromatic heterocycles. The SMILES string of the molecule is Cc1cccc(C(C#N)C(=O)C2(CC(C)C)CCCC2)c1. The highest BCUT2D eigenvalue weighted by Gasteiger charge is 2.44. The maximum atomic E-state index is 13.1. The quantitative estimate of drug-likeness (QED) is 0.780. The Kier molecular flexibility index (Phi) is 4.83. The van der Waals surface area contributed by atoms with Gasteiger partial charge in [0.05, 0.1) is 6.07 Å². The summed E-state index contributed by atoms with van der Waals surface area (Å²) in [5, 5.41) is 9.58. The van der Waals surface area contributed by atoms with Crippen LogP contribution in [0.2, 0.25) is 0 Å². The van der Waals surface area contributed by atoms with Crippen molar-refractivity contribution in [2.75, 3.05) is 0 Å². The average Bonchev–Trinajstić information content (AvgIpc) is 2.88. The normalized spacial score (nSPS) is 18.4. The van der Waals surface area contributed by atoms with Crippen molar-refractivity contribution in [3.8, 4) is 6.07 Å². The fraction of sp³-hybridized carbons (Fsp3) is 0.579. The summed E-state index contributed by atoms with van der Waals surface area (Å²) in [5.74, 6) is 0.0347. The zero-order valence-electron chi connectivity index (χ0n) is 13.4. The van der Waals surface area contributed by atoms with Crippen LogP contribution < -0.4 is 0 Å². The Morgan fingerprint density at radius 3 is 2.52 bits per heavy atom. The molecule has 1 aromatic rings. The molecule has 0 N–H and O–H groups in total. The lowest BCUT2D eigenvalue weighted by atomic mass is 9.70. The van der Waals surface area contributed by atoms with Crippen LogP contribution in [0.25, 0.3) is 0 Å². The molecule has 0 saturated heterocycles. The maximum Gasteiger partial charge on any atom is 0.160 e. The third kappa shape index (κ3) is 3.35. The number of hydrogen-bond donors (Lipinski definition) is 0. The highest BCUT2D eigenvalue weighted by Crippen LogP contribution is 2.46. The minimum absolute atomic E-state index is 0.154. The molecule has 1 aromatic carbocycles. The van der Waals surface area contributed by atoms with Crippen molar-refractivity contribution >= 4 is 5.78 Å². The minimum Gasteiger partial charge on any atom is -0.297 e. The fourth-order valence-electron chi connectivity index (χ4n) is 3.82. The Morgan fingerprint density at radius 1 is 1.33 bits per heavy atom. The number of benzene rings is 1. The van der Waals surface area contributed by atoms with Crippen molar-refractivity contribution in [3.05, 3.63) is 35.4 Å². The number of rotatable bonds is 5. The highest BCUT2D eigenvalue weighted by atomic mass is 16.1. The van der Waals surface area contributed by atoms with E-state index in [1.54, 1.807) is 0 Å². The lowest BCUT2D eigenvalue weighted by molar-refractivity contribution is -0.129. The van der Waals surface area contributed by atoms with Crippen LogP contribution in [-0.2, 0) is 4.79 Å². The molecule has 0 amide bonds. The van der Waals surface area contributed by atoms with E-state index in [1.807, 2.05) is 31.2 Å². The molecule has 1 aliphatic carbocycles. The smallest absolute Gasteiger partial charge is 0.160 e. The first-order valence-corrected chi connectivity index (χ1v) is 7.99. The molecule has 0 bridgehead atoms. The zero-order chi connectivity index (χ0) is 15.5. The summed E-state index contributed by atoms with van der Waals surface area (Å²) in [6.45, 7) is 6.34. The van der Waals surface area contributed by atoms with E-state index in [0.717, 1.165) is 43.2 Å². The third-order valence-electron chi connectivity index (χ3n) is 4.65. The molecule has 1 saturated carbocycles. The second kappa shape index (κ2) is 6.43. The molecule has 21 heavy (non-hydrogen) atoms. The van der Waals surface area contributed by atoms with E-state index >= 15 is 0 Å². The van der Waals surface area contributed by atoms with E-state index in [0.29, 0.717) is 5.92 Å². The van der Waals surface area contributed by atoms with Crippen molar-refractivity contribution in [3.63, 3.8) is 0 Å². The lowest BCUT2D eigenvalue weighted by Crippen LogP contribution is -2.33. The standard InChI is InChI=1S/C19H25NO/c1-14(2)12-19(9-4-5-10-19)18(21)17(13-20)16-8-6-7-15(3)11-16/h6-8,11,14,17H,4-5,9-10,12H2,1-3H3. The van der Waals surface area contributed by atoms with Gasteiger partial charge in [0.25, 0.3) is 0 Å². The molecule has 0 heterocycles. The number of aryl methyl sites for hydroxylation is 1. The molecule has 2 nitrogen and oxygen atoms in total. The van der Waals surface area contributed by atoms with E-state index in [9.17, 15) is 10.1 Å². The number of nitriles is 1. The Labute approximate surface area is 128 Å². The number of carbonyl (C=O) groups excluding carboxylic acids is 1. The molecule has 1 aliphatic rings. The molecule has 2 rings (SSSR count). The van der Waals surface area contributed by atoms with E-state index in [2.05, 4.69) is 19.9 Å². The molecule has 112 valence electrons. The summed E-state index contributed by atoms with van der Waals surface area (Å²) in [6, 6.07) is 10.1. The van der Waals surface area contributed by atoms with Crippen molar-refractivity contribution in [1.29, 1.82) is 5.26 Å². The summed E-state index contributed by atoms with van der Waals surface area (Å²) in [4.78, 5) is 13.1. The van der Waals surface area contributed by atoms with Crippen LogP contribution in [0.15, 0.2) is 24.3 Å². The predicted octanol–water partition coefficient (Wildman–Crippen LogP) is 4.78. The van der Waals surface area contributed by atoms with Crippen LogP contribution in [0.5, 0.6) is 0 Å². The Morgan fingerprint density at radius 2 is 2.00 bits per heavy atom.